The largest absolute Gasteiger partial charge is 0.482 e. The van der Waals surface area contributed by atoms with E-state index in [-0.39, 0.29) is 79.2 Å². The van der Waals surface area contributed by atoms with Crippen LogP contribution in [0.5, 0.6) is 11.5 Å². The van der Waals surface area contributed by atoms with Crippen LogP contribution >= 0.6 is 0 Å². The summed E-state index contributed by atoms with van der Waals surface area (Å²) in [7, 11) is 0. The number of nitrogens with one attached hydrogen (secondary N) is 6. The number of hydrogen-bond donors (Lipinski definition) is 6. The first-order valence-corrected chi connectivity index (χ1v) is 22.1. The lowest BCUT2D eigenvalue weighted by molar-refractivity contribution is -0.119. The Kier molecular flexibility index (Phi) is 13.4. The van der Waals surface area contributed by atoms with E-state index in [0.29, 0.717) is 51.8 Å². The highest BCUT2D eigenvalue weighted by Crippen LogP contribution is 2.29. The van der Waals surface area contributed by atoms with E-state index in [1.165, 1.54) is 39.6 Å². The van der Waals surface area contributed by atoms with Crippen molar-refractivity contribution in [2.75, 3.05) is 23.8 Å². The minimum Gasteiger partial charge on any atom is -0.482 e. The molecule has 4 aromatic carbocycles. The number of hydrogen-bond acceptors (Lipinski definition) is 12. The summed E-state index contributed by atoms with van der Waals surface area (Å²) < 4.78 is 27.2. The number of aromatic nitrogens is 6. The third-order valence-electron chi connectivity index (χ3n) is 11.2. The molecule has 0 bridgehead atoms. The average Bonchev–Trinajstić information content (AvgIpc) is 4.07. The molecular weight excluding hydrogens is 916 g/mol. The maximum atomic E-state index is 13.8. The number of amides is 6. The molecule has 0 unspecified atom stereocenters. The first kappa shape index (κ1) is 46.6. The Bertz CT molecular complexity index is 3410. The summed E-state index contributed by atoms with van der Waals surface area (Å²) in [6, 6.07) is 29.0. The summed E-state index contributed by atoms with van der Waals surface area (Å²) in [5.74, 6) is -1.51. The summed E-state index contributed by atoms with van der Waals surface area (Å²) in [4.78, 5) is 83.3. The topological polar surface area (TPSA) is 253 Å². The molecule has 71 heavy (non-hydrogen) atoms. The van der Waals surface area contributed by atoms with Crippen LogP contribution < -0.4 is 41.4 Å². The molecule has 0 atom stereocenters. The van der Waals surface area contributed by atoms with Gasteiger partial charge in [0.15, 0.2) is 24.5 Å². The van der Waals surface area contributed by atoms with Gasteiger partial charge in [0.1, 0.15) is 40.1 Å². The van der Waals surface area contributed by atoms with E-state index in [1.807, 2.05) is 31.2 Å². The molecule has 8 aromatic rings. The van der Waals surface area contributed by atoms with Crippen LogP contribution in [0.25, 0.3) is 11.3 Å². The van der Waals surface area contributed by atoms with Gasteiger partial charge >= 0.3 is 0 Å². The van der Waals surface area contributed by atoms with Crippen molar-refractivity contribution in [3.8, 4) is 11.5 Å². The van der Waals surface area contributed by atoms with Gasteiger partial charge in [0.2, 0.25) is 0 Å². The van der Waals surface area contributed by atoms with Gasteiger partial charge in [-0.1, -0.05) is 54.1 Å². The molecule has 0 spiro atoms. The predicted molar refractivity (Wildman–Crippen MR) is 254 cm³/mol. The van der Waals surface area contributed by atoms with Crippen LogP contribution in [0.3, 0.4) is 0 Å². The minimum atomic E-state index is -0.494. The highest BCUT2D eigenvalue weighted by atomic mass is 19.1. The molecule has 0 saturated carbocycles. The second-order valence-electron chi connectivity index (χ2n) is 16.4. The van der Waals surface area contributed by atoms with Gasteiger partial charge in [-0.3, -0.25) is 28.8 Å². The zero-order valence-electron chi connectivity index (χ0n) is 38.0. The molecule has 2 aliphatic heterocycles. The lowest BCUT2D eigenvalue weighted by atomic mass is 10.1. The highest BCUT2D eigenvalue weighted by Gasteiger charge is 2.22. The quantitative estimate of drug-likeness (QED) is 0.0984. The molecule has 6 N–H and O–H groups in total. The van der Waals surface area contributed by atoms with Gasteiger partial charge in [0.25, 0.3) is 35.4 Å². The number of ether oxygens (including phenoxy) is 2. The van der Waals surface area contributed by atoms with Gasteiger partial charge in [-0.25, -0.2) is 23.4 Å². The fourth-order valence-electron chi connectivity index (χ4n) is 7.41. The van der Waals surface area contributed by atoms with Crippen LogP contribution in [0.4, 0.5) is 15.8 Å². The van der Waals surface area contributed by atoms with Crippen molar-refractivity contribution >= 4 is 58.1 Å². The molecule has 0 radical (unpaired) electrons. The molecule has 2 aliphatic rings. The molecule has 6 heterocycles. The van der Waals surface area contributed by atoms with E-state index in [0.717, 1.165) is 22.3 Å². The third-order valence-corrected chi connectivity index (χ3v) is 11.2. The molecule has 0 fully saturated rings. The number of fused-ring (bicyclic) bond motifs is 4. The van der Waals surface area contributed by atoms with E-state index < -0.39 is 17.7 Å². The van der Waals surface area contributed by atoms with Crippen molar-refractivity contribution in [1.29, 1.82) is 0 Å². The van der Waals surface area contributed by atoms with E-state index in [9.17, 15) is 33.2 Å². The summed E-state index contributed by atoms with van der Waals surface area (Å²) in [5.41, 5.74) is 6.93. The fourth-order valence-corrected chi connectivity index (χ4v) is 7.41. The standard InChI is InChI=1S/C25H21FN6O4.C25H22N6O4/c1-14-2-3-15(8-17(14)26)11-28-25(35)20-10-19(30-22-6-7-29-32(20)22)24(34)27-12-16-4-5-21-18(9-16)31-23(33)13-36-21;1-15-2-4-16(5-3-15)12-27-25(34)20-11-19(29-22-8-9-28-31(20)22)24(33)26-13-17-6-7-21-18(10-17)30-23(32)14-35-21/h2-10H,11-13H2,1H3,(H,27,34)(H,28,35)(H,31,33);2-11H,12-14H2,1H3,(H,26,33)(H,27,34)(H,30,32). The lowest BCUT2D eigenvalue weighted by Crippen LogP contribution is -2.28. The van der Waals surface area contributed by atoms with Crippen LogP contribution in [0, 0.1) is 19.7 Å². The second kappa shape index (κ2) is 20.4. The first-order valence-electron chi connectivity index (χ1n) is 22.1. The third kappa shape index (κ3) is 10.9. The van der Waals surface area contributed by atoms with Gasteiger partial charge in [-0.15, -0.1) is 0 Å². The normalized spacial score (nSPS) is 12.4. The Labute approximate surface area is 403 Å². The van der Waals surface area contributed by atoms with Crippen LogP contribution in [0.15, 0.2) is 116 Å². The van der Waals surface area contributed by atoms with Gasteiger partial charge < -0.3 is 41.4 Å². The maximum absolute atomic E-state index is 13.8. The molecule has 6 amide bonds. The number of nitrogens with zero attached hydrogens (tertiary/aromatic N) is 6. The predicted octanol–water partition coefficient (Wildman–Crippen LogP) is 4.60. The van der Waals surface area contributed by atoms with E-state index in [1.54, 1.807) is 67.6 Å². The van der Waals surface area contributed by atoms with Gasteiger partial charge in [-0.05, 0) is 72.0 Å². The Morgan fingerprint density at radius 3 is 1.45 bits per heavy atom. The van der Waals surface area contributed by atoms with E-state index >= 15 is 0 Å². The number of carbonyl (C=O) groups excluding carboxylic acids is 6. The summed E-state index contributed by atoms with van der Waals surface area (Å²) in [6.07, 6.45) is 2.99. The Balaban J connectivity index is 0.000000176. The summed E-state index contributed by atoms with van der Waals surface area (Å²) in [6.45, 7) is 4.39. The van der Waals surface area contributed by atoms with E-state index in [4.69, 9.17) is 9.47 Å². The average molecular weight is 959 g/mol. The van der Waals surface area contributed by atoms with Crippen molar-refractivity contribution < 1.29 is 42.6 Å². The number of rotatable bonds is 12. The maximum Gasteiger partial charge on any atom is 0.270 e. The van der Waals surface area contributed by atoms with Gasteiger partial charge in [-0.2, -0.15) is 10.2 Å². The highest BCUT2D eigenvalue weighted by molar-refractivity contribution is 6.00. The molecule has 20 nitrogen and oxygen atoms in total. The molecule has 0 saturated heterocycles. The zero-order chi connectivity index (χ0) is 49.6. The van der Waals surface area contributed by atoms with Gasteiger partial charge in [0.05, 0.1) is 23.8 Å². The van der Waals surface area contributed by atoms with Crippen molar-refractivity contribution in [1.82, 2.24) is 50.5 Å². The smallest absolute Gasteiger partial charge is 0.270 e. The zero-order valence-corrected chi connectivity index (χ0v) is 38.0. The second-order valence-corrected chi connectivity index (χ2v) is 16.4. The monoisotopic (exact) mass is 958 g/mol. The fraction of sp³-hybridized carbons (Fsp3) is 0.160. The number of carbonyl (C=O) groups is 6. The number of aryl methyl sites for hydroxylation is 2. The number of halogens is 1. The molecule has 10 rings (SSSR count). The van der Waals surface area contributed by atoms with Crippen LogP contribution in [0.1, 0.15) is 75.3 Å². The van der Waals surface area contributed by atoms with Crippen LogP contribution in [0.2, 0.25) is 0 Å². The Morgan fingerprint density at radius 1 is 0.549 bits per heavy atom. The first-order chi connectivity index (χ1) is 34.3. The van der Waals surface area contributed by atoms with Gasteiger partial charge in [0, 0.05) is 50.4 Å². The molecule has 21 heteroatoms. The SMILES string of the molecule is Cc1ccc(CNC(=O)c2cc(C(=O)NCc3ccc4c(c3)NC(=O)CO4)nc3ccnn23)cc1.Cc1ccc(CNC(=O)c2cc(C(=O)NCc3ccc4c(c3)NC(=O)CO4)nc3ccnn23)cc1F. The lowest BCUT2D eigenvalue weighted by Gasteiger charge is -2.18. The summed E-state index contributed by atoms with van der Waals surface area (Å²) in [5, 5.41) is 24.9. The minimum absolute atomic E-state index is 0.0211. The number of anilines is 2. The summed E-state index contributed by atoms with van der Waals surface area (Å²) >= 11 is 0. The Hall–Kier alpha value is -9.53. The molecule has 0 aliphatic carbocycles. The number of benzene rings is 4. The molecule has 4 aromatic heterocycles. The molecule has 358 valence electrons. The van der Waals surface area contributed by atoms with Crippen molar-refractivity contribution in [3.63, 3.8) is 0 Å². The van der Waals surface area contributed by atoms with E-state index in [2.05, 4.69) is 52.1 Å². The van der Waals surface area contributed by atoms with Crippen molar-refractivity contribution in [3.05, 3.63) is 177 Å². The van der Waals surface area contributed by atoms with Crippen molar-refractivity contribution in [2.45, 2.75) is 40.0 Å². The molecular formula is C50H43FN12O8. The Morgan fingerprint density at radius 2 is 0.972 bits per heavy atom. The van der Waals surface area contributed by atoms with Crippen molar-refractivity contribution in [2.24, 2.45) is 0 Å². The van der Waals surface area contributed by atoms with Crippen LogP contribution in [-0.4, -0.2) is 77.9 Å². The van der Waals surface area contributed by atoms with Crippen LogP contribution in [-0.2, 0) is 35.8 Å².